The molecule has 0 saturated heterocycles. The van der Waals surface area contributed by atoms with Crippen molar-refractivity contribution < 1.29 is 19.1 Å². The van der Waals surface area contributed by atoms with Gasteiger partial charge in [0.05, 0.1) is 5.56 Å². The van der Waals surface area contributed by atoms with Crippen LogP contribution in [0.25, 0.3) is 0 Å². The zero-order valence-electron chi connectivity index (χ0n) is 16.9. The Labute approximate surface area is 170 Å². The standard InChI is InChI=1S/C21H30N2O4S/c1-12-7-6-9-16(13(12)2)23-18(25)11-27-21(26)19-15-8-4-5-10-17(15)28-20(19)22-14(3)24/h12-13,16H,4-11H2,1-3H3,(H,22,24)(H,23,25)/t12-,13+,16-/m0/s1. The molecule has 3 atom stereocenters. The van der Waals surface area contributed by atoms with Gasteiger partial charge in [-0.25, -0.2) is 4.79 Å². The van der Waals surface area contributed by atoms with Gasteiger partial charge in [-0.2, -0.15) is 0 Å². The topological polar surface area (TPSA) is 84.5 Å². The van der Waals surface area contributed by atoms with Crippen molar-refractivity contribution in [2.75, 3.05) is 11.9 Å². The van der Waals surface area contributed by atoms with E-state index in [1.807, 2.05) is 0 Å². The summed E-state index contributed by atoms with van der Waals surface area (Å²) in [5, 5.41) is 6.32. The normalized spacial score (nSPS) is 24.2. The van der Waals surface area contributed by atoms with Crippen LogP contribution in [0.4, 0.5) is 5.00 Å². The number of esters is 1. The van der Waals surface area contributed by atoms with Gasteiger partial charge >= 0.3 is 5.97 Å². The average Bonchev–Trinajstić information content (AvgIpc) is 3.00. The van der Waals surface area contributed by atoms with E-state index in [4.69, 9.17) is 4.74 Å². The van der Waals surface area contributed by atoms with Gasteiger partial charge in [0.1, 0.15) is 5.00 Å². The molecule has 1 aromatic heterocycles. The van der Waals surface area contributed by atoms with E-state index in [1.54, 1.807) is 0 Å². The first kappa shape index (κ1) is 20.8. The molecule has 0 bridgehead atoms. The Kier molecular flexibility index (Phi) is 6.75. The summed E-state index contributed by atoms with van der Waals surface area (Å²) < 4.78 is 5.34. The Morgan fingerprint density at radius 1 is 1.11 bits per heavy atom. The Morgan fingerprint density at radius 3 is 2.61 bits per heavy atom. The molecular formula is C21H30N2O4S. The molecule has 1 fully saturated rings. The molecule has 0 spiro atoms. The summed E-state index contributed by atoms with van der Waals surface area (Å²) in [4.78, 5) is 37.7. The van der Waals surface area contributed by atoms with E-state index in [-0.39, 0.29) is 24.5 Å². The molecule has 7 heteroatoms. The van der Waals surface area contributed by atoms with Crippen LogP contribution in [-0.2, 0) is 27.2 Å². The van der Waals surface area contributed by atoms with Gasteiger partial charge in [0.25, 0.3) is 5.91 Å². The monoisotopic (exact) mass is 406 g/mol. The molecule has 1 saturated carbocycles. The van der Waals surface area contributed by atoms with Crippen LogP contribution in [0.15, 0.2) is 0 Å². The predicted octanol–water partition coefficient (Wildman–Crippen LogP) is 3.68. The van der Waals surface area contributed by atoms with Crippen LogP contribution < -0.4 is 10.6 Å². The molecular weight excluding hydrogens is 376 g/mol. The van der Waals surface area contributed by atoms with Crippen LogP contribution in [0.2, 0.25) is 0 Å². The molecule has 6 nitrogen and oxygen atoms in total. The molecule has 1 heterocycles. The highest BCUT2D eigenvalue weighted by Crippen LogP contribution is 2.38. The Hall–Kier alpha value is -1.89. The number of rotatable bonds is 5. The van der Waals surface area contributed by atoms with Crippen LogP contribution in [-0.4, -0.2) is 30.4 Å². The smallest absolute Gasteiger partial charge is 0.341 e. The Balaban J connectivity index is 1.63. The van der Waals surface area contributed by atoms with Crippen molar-refractivity contribution in [2.24, 2.45) is 11.8 Å². The van der Waals surface area contributed by atoms with E-state index in [9.17, 15) is 14.4 Å². The van der Waals surface area contributed by atoms with Gasteiger partial charge in [-0.05, 0) is 49.5 Å². The van der Waals surface area contributed by atoms with Gasteiger partial charge in [-0.1, -0.05) is 26.7 Å². The molecule has 2 N–H and O–H groups in total. The minimum atomic E-state index is -0.525. The molecule has 28 heavy (non-hydrogen) atoms. The molecule has 1 aromatic rings. The molecule has 0 unspecified atom stereocenters. The van der Waals surface area contributed by atoms with E-state index in [0.717, 1.165) is 49.0 Å². The molecule has 0 aromatic carbocycles. The third-order valence-electron chi connectivity index (χ3n) is 6.05. The van der Waals surface area contributed by atoms with E-state index in [2.05, 4.69) is 24.5 Å². The fourth-order valence-corrected chi connectivity index (χ4v) is 5.59. The quantitative estimate of drug-likeness (QED) is 0.731. The molecule has 154 valence electrons. The van der Waals surface area contributed by atoms with Gasteiger partial charge in [-0.3, -0.25) is 9.59 Å². The number of nitrogens with one attached hydrogen (secondary N) is 2. The van der Waals surface area contributed by atoms with Gasteiger partial charge in [-0.15, -0.1) is 11.3 Å². The lowest BCUT2D eigenvalue weighted by atomic mass is 9.78. The fourth-order valence-electron chi connectivity index (χ4n) is 4.27. The summed E-state index contributed by atoms with van der Waals surface area (Å²) in [7, 11) is 0. The van der Waals surface area contributed by atoms with E-state index in [1.165, 1.54) is 24.7 Å². The number of fused-ring (bicyclic) bond motifs is 1. The minimum Gasteiger partial charge on any atom is -0.452 e. The summed E-state index contributed by atoms with van der Waals surface area (Å²) in [5.41, 5.74) is 1.41. The van der Waals surface area contributed by atoms with Crippen molar-refractivity contribution in [3.63, 3.8) is 0 Å². The molecule has 3 rings (SSSR count). The fraction of sp³-hybridized carbons (Fsp3) is 0.667. The lowest BCUT2D eigenvalue weighted by Gasteiger charge is -2.34. The first-order valence-corrected chi connectivity index (χ1v) is 11.1. The largest absolute Gasteiger partial charge is 0.452 e. The SMILES string of the molecule is CC(=O)Nc1sc2c(c1C(=O)OCC(=O)N[C@H]1CCC[C@H](C)[C@H]1C)CCCC2. The Morgan fingerprint density at radius 2 is 1.86 bits per heavy atom. The predicted molar refractivity (Wildman–Crippen MR) is 110 cm³/mol. The van der Waals surface area contributed by atoms with Crippen molar-refractivity contribution in [3.8, 4) is 0 Å². The number of thiophene rings is 1. The highest BCUT2D eigenvalue weighted by atomic mass is 32.1. The summed E-state index contributed by atoms with van der Waals surface area (Å²) in [6.45, 7) is 5.51. The van der Waals surface area contributed by atoms with Crippen molar-refractivity contribution in [3.05, 3.63) is 16.0 Å². The lowest BCUT2D eigenvalue weighted by Crippen LogP contribution is -2.45. The van der Waals surface area contributed by atoms with Gasteiger partial charge in [0.15, 0.2) is 6.61 Å². The number of aryl methyl sites for hydroxylation is 1. The van der Waals surface area contributed by atoms with Gasteiger partial charge in [0.2, 0.25) is 5.91 Å². The van der Waals surface area contributed by atoms with E-state index in [0.29, 0.717) is 22.4 Å². The summed E-state index contributed by atoms with van der Waals surface area (Å²) >= 11 is 1.45. The highest BCUT2D eigenvalue weighted by molar-refractivity contribution is 7.17. The number of ether oxygens (including phenoxy) is 1. The van der Waals surface area contributed by atoms with Crippen molar-refractivity contribution in [1.29, 1.82) is 0 Å². The first-order chi connectivity index (χ1) is 13.4. The minimum absolute atomic E-state index is 0.138. The number of carbonyl (C=O) groups is 3. The maximum absolute atomic E-state index is 12.7. The summed E-state index contributed by atoms with van der Waals surface area (Å²) in [5.74, 6) is 0.00133. The highest BCUT2D eigenvalue weighted by Gasteiger charge is 2.30. The molecule has 2 amide bonds. The second-order valence-electron chi connectivity index (χ2n) is 8.11. The summed E-state index contributed by atoms with van der Waals surface area (Å²) in [6, 6.07) is 0.138. The average molecular weight is 407 g/mol. The Bertz CT molecular complexity index is 758. The molecule has 2 aliphatic carbocycles. The number of amides is 2. The number of anilines is 1. The number of hydrogen-bond donors (Lipinski definition) is 2. The van der Waals surface area contributed by atoms with Crippen molar-refractivity contribution in [2.45, 2.75) is 71.8 Å². The third-order valence-corrected chi connectivity index (χ3v) is 7.26. The van der Waals surface area contributed by atoms with E-state index < -0.39 is 5.97 Å². The molecule has 2 aliphatic rings. The maximum Gasteiger partial charge on any atom is 0.341 e. The summed E-state index contributed by atoms with van der Waals surface area (Å²) in [6.07, 6.45) is 7.09. The van der Waals surface area contributed by atoms with Crippen molar-refractivity contribution >= 4 is 34.1 Å². The first-order valence-electron chi connectivity index (χ1n) is 10.3. The zero-order chi connectivity index (χ0) is 20.3. The second kappa shape index (κ2) is 9.07. The van der Waals surface area contributed by atoms with Crippen LogP contribution >= 0.6 is 11.3 Å². The van der Waals surface area contributed by atoms with Crippen LogP contribution in [0.3, 0.4) is 0 Å². The molecule has 0 radical (unpaired) electrons. The number of hydrogen-bond acceptors (Lipinski definition) is 5. The lowest BCUT2D eigenvalue weighted by molar-refractivity contribution is -0.125. The maximum atomic E-state index is 12.7. The van der Waals surface area contributed by atoms with E-state index >= 15 is 0 Å². The van der Waals surface area contributed by atoms with Crippen LogP contribution in [0.1, 0.15) is 73.7 Å². The zero-order valence-corrected chi connectivity index (χ0v) is 17.7. The van der Waals surface area contributed by atoms with Crippen molar-refractivity contribution in [1.82, 2.24) is 5.32 Å². The third kappa shape index (κ3) is 4.74. The van der Waals surface area contributed by atoms with Gasteiger partial charge < -0.3 is 15.4 Å². The molecule has 0 aliphatic heterocycles. The van der Waals surface area contributed by atoms with Crippen LogP contribution in [0.5, 0.6) is 0 Å². The number of carbonyl (C=O) groups excluding carboxylic acids is 3. The van der Waals surface area contributed by atoms with Gasteiger partial charge in [0, 0.05) is 17.8 Å². The second-order valence-corrected chi connectivity index (χ2v) is 9.22. The van der Waals surface area contributed by atoms with Crippen LogP contribution in [0, 0.1) is 11.8 Å².